The van der Waals surface area contributed by atoms with Crippen molar-refractivity contribution in [1.29, 1.82) is 0 Å². The Balaban J connectivity index is 1.88. The van der Waals surface area contributed by atoms with Crippen molar-refractivity contribution in [2.45, 2.75) is 19.1 Å². The third-order valence-corrected chi connectivity index (χ3v) is 3.66. The van der Waals surface area contributed by atoms with E-state index in [4.69, 9.17) is 9.47 Å². The quantitative estimate of drug-likeness (QED) is 0.882. The summed E-state index contributed by atoms with van der Waals surface area (Å²) in [6, 6.07) is 10.8. The van der Waals surface area contributed by atoms with Crippen molar-refractivity contribution in [2.75, 3.05) is 7.11 Å². The summed E-state index contributed by atoms with van der Waals surface area (Å²) in [6.45, 7) is 0.374. The number of aromatic hydroxyl groups is 2. The number of fused-ring (bicyclic) bond motifs is 1. The van der Waals surface area contributed by atoms with Crippen molar-refractivity contribution in [3.63, 3.8) is 0 Å². The number of hydrogen-bond acceptors (Lipinski definition) is 4. The number of phenolic OH excluding ortho intramolecular Hbond substituents is 2. The lowest BCUT2D eigenvalue weighted by Crippen LogP contribution is -2.15. The van der Waals surface area contributed by atoms with E-state index in [1.165, 1.54) is 7.11 Å². The van der Waals surface area contributed by atoms with Gasteiger partial charge in [-0.3, -0.25) is 0 Å². The van der Waals surface area contributed by atoms with Gasteiger partial charge in [-0.1, -0.05) is 18.2 Å². The summed E-state index contributed by atoms with van der Waals surface area (Å²) >= 11 is 0. The highest BCUT2D eigenvalue weighted by Gasteiger charge is 2.23. The minimum absolute atomic E-state index is 0.107. The Morgan fingerprint density at radius 3 is 2.75 bits per heavy atom. The van der Waals surface area contributed by atoms with Gasteiger partial charge in [-0.15, -0.1) is 0 Å². The molecular weight excluding hydrogens is 256 g/mol. The first-order valence-corrected chi connectivity index (χ1v) is 6.47. The molecule has 0 fully saturated rings. The average molecular weight is 272 g/mol. The van der Waals surface area contributed by atoms with Gasteiger partial charge in [-0.05, 0) is 29.3 Å². The van der Waals surface area contributed by atoms with Gasteiger partial charge < -0.3 is 19.7 Å². The van der Waals surface area contributed by atoms with Crippen LogP contribution in [0.2, 0.25) is 0 Å². The summed E-state index contributed by atoms with van der Waals surface area (Å²) in [6.07, 6.45) is 0.552. The van der Waals surface area contributed by atoms with E-state index in [0.29, 0.717) is 18.8 Å². The smallest absolute Gasteiger partial charge is 0.160 e. The summed E-state index contributed by atoms with van der Waals surface area (Å²) in [7, 11) is 1.52. The molecule has 4 heteroatoms. The van der Waals surface area contributed by atoms with Gasteiger partial charge in [0.05, 0.1) is 19.8 Å². The molecule has 0 radical (unpaired) electrons. The van der Waals surface area contributed by atoms with Crippen LogP contribution in [-0.4, -0.2) is 17.3 Å². The second-order valence-electron chi connectivity index (χ2n) is 4.85. The number of methoxy groups -OCH3 is 1. The highest BCUT2D eigenvalue weighted by molar-refractivity contribution is 5.44. The van der Waals surface area contributed by atoms with Crippen molar-refractivity contribution in [2.24, 2.45) is 0 Å². The Bertz CT molecular complexity index is 636. The van der Waals surface area contributed by atoms with Gasteiger partial charge in [0.2, 0.25) is 0 Å². The molecular formula is C16H16O4. The zero-order valence-corrected chi connectivity index (χ0v) is 11.2. The predicted octanol–water partition coefficient (Wildman–Crippen LogP) is 2.92. The summed E-state index contributed by atoms with van der Waals surface area (Å²) in [5.41, 5.74) is 2.83. The molecule has 1 heterocycles. The lowest BCUT2D eigenvalue weighted by atomic mass is 9.94. The molecule has 0 saturated heterocycles. The van der Waals surface area contributed by atoms with Crippen LogP contribution < -0.4 is 4.74 Å². The van der Waals surface area contributed by atoms with Crippen molar-refractivity contribution in [3.8, 4) is 17.2 Å². The van der Waals surface area contributed by atoms with Crippen LogP contribution in [0.4, 0.5) is 0 Å². The zero-order chi connectivity index (χ0) is 14.1. The molecule has 0 unspecified atom stereocenters. The predicted molar refractivity (Wildman–Crippen MR) is 74.0 cm³/mol. The fourth-order valence-electron chi connectivity index (χ4n) is 2.54. The van der Waals surface area contributed by atoms with Gasteiger partial charge in [0.15, 0.2) is 11.5 Å². The molecule has 0 aliphatic carbocycles. The van der Waals surface area contributed by atoms with Crippen molar-refractivity contribution >= 4 is 0 Å². The van der Waals surface area contributed by atoms with E-state index in [-0.39, 0.29) is 17.6 Å². The van der Waals surface area contributed by atoms with E-state index >= 15 is 0 Å². The molecule has 0 amide bonds. The van der Waals surface area contributed by atoms with Gasteiger partial charge >= 0.3 is 0 Å². The molecule has 0 saturated carbocycles. The van der Waals surface area contributed by atoms with E-state index < -0.39 is 0 Å². The van der Waals surface area contributed by atoms with Crippen LogP contribution in [0, 0.1) is 0 Å². The SMILES string of the molecule is COc1ccc([C@H]2Cc3cccc(O)c3CO2)cc1O. The van der Waals surface area contributed by atoms with E-state index in [1.54, 1.807) is 18.2 Å². The minimum atomic E-state index is -0.124. The second-order valence-corrected chi connectivity index (χ2v) is 4.85. The maximum atomic E-state index is 9.84. The number of hydrogen-bond donors (Lipinski definition) is 2. The molecule has 4 nitrogen and oxygen atoms in total. The van der Waals surface area contributed by atoms with E-state index in [2.05, 4.69) is 0 Å². The fraction of sp³-hybridized carbons (Fsp3) is 0.250. The van der Waals surface area contributed by atoms with Crippen LogP contribution in [-0.2, 0) is 17.8 Å². The number of ether oxygens (including phenoxy) is 2. The maximum absolute atomic E-state index is 9.84. The van der Waals surface area contributed by atoms with Crippen LogP contribution in [0.25, 0.3) is 0 Å². The number of rotatable bonds is 2. The molecule has 104 valence electrons. The van der Waals surface area contributed by atoms with Crippen molar-refractivity contribution < 1.29 is 19.7 Å². The first kappa shape index (κ1) is 12.8. The normalized spacial score (nSPS) is 17.6. The third kappa shape index (κ3) is 2.18. The third-order valence-electron chi connectivity index (χ3n) is 3.66. The Morgan fingerprint density at radius 1 is 1.15 bits per heavy atom. The summed E-state index contributed by atoms with van der Waals surface area (Å²) in [5, 5.41) is 19.6. The van der Waals surface area contributed by atoms with Crippen LogP contribution in [0.3, 0.4) is 0 Å². The van der Waals surface area contributed by atoms with Crippen molar-refractivity contribution in [3.05, 3.63) is 53.1 Å². The summed E-state index contributed by atoms with van der Waals surface area (Å²) in [5.74, 6) is 0.830. The lowest BCUT2D eigenvalue weighted by molar-refractivity contribution is 0.0260. The molecule has 1 atom stereocenters. The number of phenols is 2. The van der Waals surface area contributed by atoms with Gasteiger partial charge in [-0.2, -0.15) is 0 Å². The molecule has 20 heavy (non-hydrogen) atoms. The lowest BCUT2D eigenvalue weighted by Gasteiger charge is -2.26. The minimum Gasteiger partial charge on any atom is -0.508 e. The number of benzene rings is 2. The molecule has 2 aromatic rings. The molecule has 0 aromatic heterocycles. The molecule has 0 spiro atoms. The molecule has 2 aromatic carbocycles. The molecule has 1 aliphatic rings. The van der Waals surface area contributed by atoms with Crippen LogP contribution in [0.15, 0.2) is 36.4 Å². The molecule has 1 aliphatic heterocycles. The zero-order valence-electron chi connectivity index (χ0n) is 11.2. The highest BCUT2D eigenvalue weighted by atomic mass is 16.5. The van der Waals surface area contributed by atoms with Crippen LogP contribution >= 0.6 is 0 Å². The standard InChI is InChI=1S/C16H16O4/c1-19-15-6-5-11(7-14(15)18)16-8-10-3-2-4-13(17)12(10)9-20-16/h2-7,16-18H,8-9H2,1H3/t16-/m1/s1. The van der Waals surface area contributed by atoms with Gasteiger partial charge in [0.1, 0.15) is 5.75 Å². The Morgan fingerprint density at radius 2 is 2.00 bits per heavy atom. The summed E-state index contributed by atoms with van der Waals surface area (Å²) < 4.78 is 10.8. The van der Waals surface area contributed by atoms with E-state index in [1.807, 2.05) is 18.2 Å². The maximum Gasteiger partial charge on any atom is 0.160 e. The van der Waals surface area contributed by atoms with E-state index in [9.17, 15) is 10.2 Å². The van der Waals surface area contributed by atoms with Crippen LogP contribution in [0.5, 0.6) is 17.2 Å². The monoisotopic (exact) mass is 272 g/mol. The van der Waals surface area contributed by atoms with Crippen molar-refractivity contribution in [1.82, 2.24) is 0 Å². The van der Waals surface area contributed by atoms with E-state index in [0.717, 1.165) is 16.7 Å². The molecule has 2 N–H and O–H groups in total. The van der Waals surface area contributed by atoms with Gasteiger partial charge in [0, 0.05) is 12.0 Å². The molecule has 3 rings (SSSR count). The Hall–Kier alpha value is -2.20. The fourth-order valence-corrected chi connectivity index (χ4v) is 2.54. The first-order valence-electron chi connectivity index (χ1n) is 6.47. The molecule has 0 bridgehead atoms. The van der Waals surface area contributed by atoms with Gasteiger partial charge in [-0.25, -0.2) is 0 Å². The topological polar surface area (TPSA) is 58.9 Å². The average Bonchev–Trinajstić information content (AvgIpc) is 2.47. The highest BCUT2D eigenvalue weighted by Crippen LogP contribution is 2.37. The Kier molecular flexibility index (Phi) is 3.24. The first-order chi connectivity index (χ1) is 9.69. The Labute approximate surface area is 117 Å². The second kappa shape index (κ2) is 5.06. The summed E-state index contributed by atoms with van der Waals surface area (Å²) in [4.78, 5) is 0. The van der Waals surface area contributed by atoms with Crippen LogP contribution in [0.1, 0.15) is 22.8 Å². The largest absolute Gasteiger partial charge is 0.508 e. The van der Waals surface area contributed by atoms with Gasteiger partial charge in [0.25, 0.3) is 0 Å².